The molecule has 2 aliphatic heterocycles. The van der Waals surface area contributed by atoms with Crippen LogP contribution >= 0.6 is 11.6 Å². The second-order valence-corrected chi connectivity index (χ2v) is 13.4. The van der Waals surface area contributed by atoms with Crippen LogP contribution in [0, 0.1) is 17.8 Å². The van der Waals surface area contributed by atoms with E-state index in [0.29, 0.717) is 29.7 Å². The van der Waals surface area contributed by atoms with E-state index in [1.54, 1.807) is 25.1 Å². The number of rotatable bonds is 0. The Bertz CT molecular complexity index is 1340. The van der Waals surface area contributed by atoms with Crippen LogP contribution in [0.2, 0.25) is 5.02 Å². The molecule has 5 rings (SSSR count). The van der Waals surface area contributed by atoms with Gasteiger partial charge in [-0.1, -0.05) is 36.7 Å². The summed E-state index contributed by atoms with van der Waals surface area (Å²) in [6, 6.07) is 11.0. The van der Waals surface area contributed by atoms with Crippen LogP contribution in [0.3, 0.4) is 0 Å². The third-order valence-electron chi connectivity index (χ3n) is 8.24. The molecule has 3 aliphatic rings. The Morgan fingerprint density at radius 2 is 1.95 bits per heavy atom. The van der Waals surface area contributed by atoms with Crippen molar-refractivity contribution in [1.29, 1.82) is 0 Å². The Morgan fingerprint density at radius 3 is 2.74 bits per heavy atom. The van der Waals surface area contributed by atoms with Crippen molar-refractivity contribution in [3.05, 3.63) is 70.3 Å². The highest BCUT2D eigenvalue weighted by molar-refractivity contribution is 7.90. The fraction of sp³-hybridized carbons (Fsp3) is 0.500. The summed E-state index contributed by atoms with van der Waals surface area (Å²) in [5.74, 6) is 0.00823. The maximum absolute atomic E-state index is 13.1. The van der Waals surface area contributed by atoms with Gasteiger partial charge in [-0.3, -0.25) is 4.79 Å². The van der Waals surface area contributed by atoms with Crippen molar-refractivity contribution in [2.45, 2.75) is 58.2 Å². The van der Waals surface area contributed by atoms with E-state index in [2.05, 4.69) is 9.62 Å². The predicted octanol–water partition coefficient (Wildman–Crippen LogP) is 5.10. The number of aliphatic hydroxyl groups excluding tert-OH is 1. The number of amides is 1. The van der Waals surface area contributed by atoms with Crippen molar-refractivity contribution < 1.29 is 23.1 Å². The van der Waals surface area contributed by atoms with Crippen LogP contribution in [0.1, 0.15) is 60.5 Å². The van der Waals surface area contributed by atoms with E-state index in [0.717, 1.165) is 56.4 Å². The molecule has 2 N–H and O–H groups in total. The van der Waals surface area contributed by atoms with Crippen LogP contribution in [0.4, 0.5) is 5.69 Å². The van der Waals surface area contributed by atoms with Gasteiger partial charge in [0.05, 0.1) is 17.5 Å². The summed E-state index contributed by atoms with van der Waals surface area (Å²) in [4.78, 5) is 15.4. The Hall–Kier alpha value is -2.55. The number of nitrogens with zero attached hydrogens (tertiary/aromatic N) is 1. The number of ether oxygens (including phenoxy) is 1. The molecule has 2 bridgehead atoms. The van der Waals surface area contributed by atoms with Gasteiger partial charge in [0.1, 0.15) is 12.4 Å². The number of aliphatic hydroxyl groups is 1. The second kappa shape index (κ2) is 11.9. The van der Waals surface area contributed by atoms with Crippen molar-refractivity contribution in [2.24, 2.45) is 17.8 Å². The summed E-state index contributed by atoms with van der Waals surface area (Å²) in [5.41, 5.74) is 3.30. The molecular formula is C30H37ClN2O5S. The first kappa shape index (κ1) is 28.0. The normalized spacial score (nSPS) is 28.4. The zero-order valence-electron chi connectivity index (χ0n) is 22.3. The van der Waals surface area contributed by atoms with Crippen molar-refractivity contribution >= 4 is 33.2 Å². The van der Waals surface area contributed by atoms with E-state index in [1.165, 1.54) is 5.56 Å². The van der Waals surface area contributed by atoms with Crippen LogP contribution in [0.15, 0.2) is 48.6 Å². The molecule has 1 fully saturated rings. The molecule has 39 heavy (non-hydrogen) atoms. The monoisotopic (exact) mass is 572 g/mol. The molecule has 0 radical (unpaired) electrons. The molecule has 1 amide bonds. The molecule has 2 aromatic carbocycles. The first-order valence-corrected chi connectivity index (χ1v) is 15.9. The van der Waals surface area contributed by atoms with Gasteiger partial charge < -0.3 is 14.7 Å². The van der Waals surface area contributed by atoms with Gasteiger partial charge in [-0.25, -0.2) is 13.1 Å². The smallest absolute Gasteiger partial charge is 0.264 e. The van der Waals surface area contributed by atoms with E-state index in [1.807, 2.05) is 30.4 Å². The Kier molecular flexibility index (Phi) is 8.55. The van der Waals surface area contributed by atoms with Crippen molar-refractivity contribution in [3.8, 4) is 5.75 Å². The van der Waals surface area contributed by atoms with E-state index in [-0.39, 0.29) is 23.2 Å². The molecule has 4 atom stereocenters. The summed E-state index contributed by atoms with van der Waals surface area (Å²) < 4.78 is 34.1. The largest absolute Gasteiger partial charge is 0.487 e. The third-order valence-corrected chi connectivity index (χ3v) is 9.93. The number of anilines is 1. The van der Waals surface area contributed by atoms with Crippen molar-refractivity contribution in [3.63, 3.8) is 0 Å². The van der Waals surface area contributed by atoms with Crippen LogP contribution in [0.5, 0.6) is 5.75 Å². The maximum Gasteiger partial charge on any atom is 0.264 e. The maximum atomic E-state index is 13.1. The minimum absolute atomic E-state index is 0.182. The average molecular weight is 573 g/mol. The molecule has 0 saturated heterocycles. The minimum atomic E-state index is -3.85. The first-order valence-electron chi connectivity index (χ1n) is 13.9. The molecule has 2 heterocycles. The standard InChI is InChI=1S/C30H37ClN2O5S/c1-20-5-4-7-28(34)26-12-9-23(26)17-33-14-3-2-6-21-15-25(31)11-8-24(21)18-38-29-13-10-22(16-27(29)33)30(35)32-39(36,37)19-20/h4-5,8,10-11,13,15-16,20,23,26,28,34H,2-3,6-7,9,12,14,17-19H2,1H3,(H,32,35)/b5-4-/t20-,23+,26-,28+/m1/s1. The number of nitrogens with one attached hydrogen (secondary N) is 1. The van der Waals surface area contributed by atoms with Crippen LogP contribution in [-0.4, -0.2) is 44.4 Å². The van der Waals surface area contributed by atoms with Crippen LogP contribution < -0.4 is 14.4 Å². The summed E-state index contributed by atoms with van der Waals surface area (Å²) >= 11 is 6.28. The van der Waals surface area contributed by atoms with Crippen molar-refractivity contribution in [1.82, 2.24) is 4.72 Å². The Labute approximate surface area is 236 Å². The lowest BCUT2D eigenvalue weighted by atomic mass is 9.69. The molecule has 9 heteroatoms. The number of fused-ring (bicyclic) bond motifs is 3. The predicted molar refractivity (Wildman–Crippen MR) is 154 cm³/mol. The fourth-order valence-corrected chi connectivity index (χ4v) is 7.44. The number of allylic oxidation sites excluding steroid dienone is 1. The van der Waals surface area contributed by atoms with Gasteiger partial charge in [0.25, 0.3) is 5.91 Å². The zero-order valence-corrected chi connectivity index (χ0v) is 23.9. The molecule has 1 aliphatic carbocycles. The number of halogens is 1. The highest BCUT2D eigenvalue weighted by atomic mass is 35.5. The van der Waals surface area contributed by atoms with Gasteiger partial charge in [0, 0.05) is 23.7 Å². The summed E-state index contributed by atoms with van der Waals surface area (Å²) in [5, 5.41) is 11.7. The third kappa shape index (κ3) is 6.79. The topological polar surface area (TPSA) is 95.9 Å². The van der Waals surface area contributed by atoms with Gasteiger partial charge in [-0.05, 0) is 97.7 Å². The molecule has 7 nitrogen and oxygen atoms in total. The molecule has 0 unspecified atom stereocenters. The fourth-order valence-electron chi connectivity index (χ4n) is 5.96. The lowest BCUT2D eigenvalue weighted by molar-refractivity contribution is 0.0180. The quantitative estimate of drug-likeness (QED) is 0.426. The van der Waals surface area contributed by atoms with Gasteiger partial charge >= 0.3 is 0 Å². The molecule has 2 aromatic rings. The molecule has 1 saturated carbocycles. The van der Waals surface area contributed by atoms with Gasteiger partial charge in [0.2, 0.25) is 10.0 Å². The summed E-state index contributed by atoms with van der Waals surface area (Å²) in [6.45, 7) is 3.65. The molecular weight excluding hydrogens is 536 g/mol. The second-order valence-electron chi connectivity index (χ2n) is 11.2. The van der Waals surface area contributed by atoms with E-state index >= 15 is 0 Å². The lowest BCUT2D eigenvalue weighted by Gasteiger charge is -2.43. The molecule has 0 aromatic heterocycles. The number of sulfonamides is 1. The zero-order chi connectivity index (χ0) is 27.6. The number of hydrogen-bond acceptors (Lipinski definition) is 6. The minimum Gasteiger partial charge on any atom is -0.487 e. The first-order chi connectivity index (χ1) is 18.7. The average Bonchev–Trinajstić information content (AvgIpc) is 2.88. The SMILES string of the molecule is C[C@@H]1/C=C\C[C@H](O)[C@@H]2CC[C@H]2CN2CCCCc3cc(Cl)ccc3COc3ccc(cc32)C(=O)NS(=O)(=O)C1. The Balaban J connectivity index is 1.52. The summed E-state index contributed by atoms with van der Waals surface area (Å²) in [6.07, 6.45) is 8.51. The highest BCUT2D eigenvalue weighted by Gasteiger charge is 2.37. The van der Waals surface area contributed by atoms with Crippen LogP contribution in [0.25, 0.3) is 0 Å². The van der Waals surface area contributed by atoms with E-state index < -0.39 is 22.0 Å². The number of carbonyl (C=O) groups is 1. The Morgan fingerprint density at radius 1 is 1.10 bits per heavy atom. The van der Waals surface area contributed by atoms with Gasteiger partial charge in [-0.15, -0.1) is 0 Å². The van der Waals surface area contributed by atoms with Gasteiger partial charge in [0.15, 0.2) is 0 Å². The van der Waals surface area contributed by atoms with Gasteiger partial charge in [-0.2, -0.15) is 0 Å². The number of carbonyl (C=O) groups excluding carboxylic acids is 1. The van der Waals surface area contributed by atoms with E-state index in [4.69, 9.17) is 16.3 Å². The molecule has 210 valence electrons. The van der Waals surface area contributed by atoms with Crippen LogP contribution in [-0.2, 0) is 23.1 Å². The number of hydrogen-bond donors (Lipinski definition) is 2. The number of aryl methyl sites for hydroxylation is 1. The van der Waals surface area contributed by atoms with Crippen molar-refractivity contribution in [2.75, 3.05) is 23.7 Å². The molecule has 0 spiro atoms. The summed E-state index contributed by atoms with van der Waals surface area (Å²) in [7, 11) is -3.85. The number of benzene rings is 2. The van der Waals surface area contributed by atoms with E-state index in [9.17, 15) is 18.3 Å². The lowest BCUT2D eigenvalue weighted by Crippen LogP contribution is -2.43. The highest BCUT2D eigenvalue weighted by Crippen LogP contribution is 2.41.